The van der Waals surface area contributed by atoms with Crippen molar-refractivity contribution in [1.82, 2.24) is 20.5 Å². The summed E-state index contributed by atoms with van der Waals surface area (Å²) < 4.78 is 17.6. The number of aromatic nitrogens is 1. The number of methoxy groups -OCH3 is 1. The summed E-state index contributed by atoms with van der Waals surface area (Å²) in [7, 11) is 1.52. The Kier molecular flexibility index (Phi) is 9.78. The number of aliphatic carboxylic acids is 1. The first-order chi connectivity index (χ1) is 23.7. The summed E-state index contributed by atoms with van der Waals surface area (Å²) in [5.74, 6) is -0.413. The molecule has 12 nitrogen and oxygen atoms in total. The number of carboxylic acid groups (broad SMARTS) is 1. The van der Waals surface area contributed by atoms with E-state index in [0.717, 1.165) is 18.4 Å². The highest BCUT2D eigenvalue weighted by Gasteiger charge is 2.61. The van der Waals surface area contributed by atoms with E-state index in [-0.39, 0.29) is 25.0 Å². The van der Waals surface area contributed by atoms with Gasteiger partial charge in [-0.25, -0.2) is 14.6 Å². The number of nitrogens with zero attached hydrogens (tertiary/aromatic N) is 2. The third-order valence-electron chi connectivity index (χ3n) is 10.5. The molecule has 13 heteroatoms. The minimum Gasteiger partial charge on any atom is -0.495 e. The first-order valence-corrected chi connectivity index (χ1v) is 17.6. The van der Waals surface area contributed by atoms with Gasteiger partial charge in [0.15, 0.2) is 0 Å². The van der Waals surface area contributed by atoms with Crippen LogP contribution in [0.2, 0.25) is 5.02 Å². The average Bonchev–Trinajstić information content (AvgIpc) is 3.87. The molecule has 268 valence electrons. The van der Waals surface area contributed by atoms with E-state index in [1.165, 1.54) is 18.4 Å². The summed E-state index contributed by atoms with van der Waals surface area (Å²) in [4.78, 5) is 59.6. The van der Waals surface area contributed by atoms with Crippen molar-refractivity contribution >= 4 is 52.5 Å². The first-order valence-electron chi connectivity index (χ1n) is 17.2. The highest BCUT2D eigenvalue weighted by atomic mass is 35.5. The topological polar surface area (TPSA) is 156 Å². The van der Waals surface area contributed by atoms with Crippen LogP contribution in [0.1, 0.15) is 71.9 Å². The number of rotatable bonds is 12. The Morgan fingerprint density at radius 2 is 1.84 bits per heavy atom. The van der Waals surface area contributed by atoms with Gasteiger partial charge in [-0.05, 0) is 88.0 Å². The van der Waals surface area contributed by atoms with Gasteiger partial charge in [0.2, 0.25) is 11.8 Å². The van der Waals surface area contributed by atoms with Crippen molar-refractivity contribution in [3.05, 3.63) is 46.6 Å². The number of amides is 3. The molecule has 4 aliphatic rings. The number of likely N-dealkylation sites (tertiary alicyclic amines) is 1. The van der Waals surface area contributed by atoms with Gasteiger partial charge in [-0.3, -0.25) is 9.59 Å². The van der Waals surface area contributed by atoms with Crippen molar-refractivity contribution in [3.8, 4) is 11.5 Å². The molecule has 8 atom stereocenters. The SMILES string of the molecule is C=C(C)[C@H](NC(=O)OC1C[C@@H]2C[C@@H]2C1)C(=O)N1C[C@H](Oc2cc(C=C(C)C)nc3c(Cl)c(OC)ccc23)C[C@H]1C(=O)N[C@]1(C(=O)O)C[C@H]1CC. The maximum absolute atomic E-state index is 14.3. The van der Waals surface area contributed by atoms with Gasteiger partial charge in [0.25, 0.3) is 0 Å². The van der Waals surface area contributed by atoms with Crippen LogP contribution in [-0.2, 0) is 19.1 Å². The van der Waals surface area contributed by atoms with E-state index < -0.39 is 47.6 Å². The number of halogens is 1. The molecule has 1 aromatic heterocycles. The van der Waals surface area contributed by atoms with Crippen LogP contribution in [-0.4, -0.2) is 82.4 Å². The molecule has 3 saturated carbocycles. The van der Waals surface area contributed by atoms with Gasteiger partial charge >= 0.3 is 12.1 Å². The van der Waals surface area contributed by atoms with Gasteiger partial charge in [-0.15, -0.1) is 0 Å². The number of ether oxygens (including phenoxy) is 3. The molecule has 4 fully saturated rings. The molecular weight excluding hydrogens is 664 g/mol. The number of benzene rings is 1. The second-order valence-corrected chi connectivity index (χ2v) is 14.9. The normalized spacial score (nSPS) is 28.2. The monoisotopic (exact) mass is 708 g/mol. The summed E-state index contributed by atoms with van der Waals surface area (Å²) >= 11 is 6.68. The predicted octanol–water partition coefficient (Wildman–Crippen LogP) is 5.51. The van der Waals surface area contributed by atoms with Crippen molar-refractivity contribution in [1.29, 1.82) is 0 Å². The molecule has 0 spiro atoms. The highest BCUT2D eigenvalue weighted by Crippen LogP contribution is 2.52. The van der Waals surface area contributed by atoms with Crippen LogP contribution in [0.5, 0.6) is 11.5 Å². The number of nitrogens with one attached hydrogen (secondary N) is 2. The molecule has 2 aromatic rings. The van der Waals surface area contributed by atoms with Gasteiger partial charge in [-0.1, -0.05) is 37.1 Å². The van der Waals surface area contributed by atoms with Gasteiger partial charge < -0.3 is 34.9 Å². The average molecular weight is 709 g/mol. The molecule has 1 aliphatic heterocycles. The van der Waals surface area contributed by atoms with Crippen LogP contribution in [0.25, 0.3) is 17.0 Å². The minimum absolute atomic E-state index is 0.0215. The van der Waals surface area contributed by atoms with Crippen LogP contribution in [0.4, 0.5) is 4.79 Å². The fourth-order valence-corrected chi connectivity index (χ4v) is 7.91. The molecule has 1 unspecified atom stereocenters. The standard InChI is InChI=1S/C37H45ClN4O8/c1-7-22-16-37(22,35(45)46)41-33(43)27-15-25(49-29-14-23(10-18(2)3)39-32-26(29)8-9-28(48-6)30(32)38)17-42(27)34(44)31(19(4)5)40-36(47)50-24-12-20-11-21(20)13-24/h8-10,14,20-22,24-25,27,31H,4,7,11-13,15-17H2,1-3,5-6H3,(H,40,47)(H,41,43)(H,45,46)/t20-,21+,22-,24?,25-,27+,31+,37-/m1/s1. The Morgan fingerprint density at radius 3 is 2.44 bits per heavy atom. The lowest BCUT2D eigenvalue weighted by Gasteiger charge is -2.29. The van der Waals surface area contributed by atoms with Crippen LogP contribution in [0, 0.1) is 17.8 Å². The lowest BCUT2D eigenvalue weighted by Crippen LogP contribution is -2.56. The number of pyridine rings is 1. The molecule has 1 aromatic carbocycles. The van der Waals surface area contributed by atoms with E-state index in [0.29, 0.717) is 63.4 Å². The van der Waals surface area contributed by atoms with Crippen LogP contribution >= 0.6 is 11.6 Å². The molecule has 2 heterocycles. The molecule has 3 amide bonds. The lowest BCUT2D eigenvalue weighted by molar-refractivity contribution is -0.145. The van der Waals surface area contributed by atoms with E-state index in [1.807, 2.05) is 26.8 Å². The maximum Gasteiger partial charge on any atom is 0.408 e. The third kappa shape index (κ3) is 6.99. The molecule has 6 rings (SSSR count). The zero-order valence-corrected chi connectivity index (χ0v) is 29.8. The van der Waals surface area contributed by atoms with E-state index in [9.17, 15) is 24.3 Å². The van der Waals surface area contributed by atoms with Gasteiger partial charge in [0.05, 0.1) is 24.9 Å². The van der Waals surface area contributed by atoms with Crippen LogP contribution < -0.4 is 20.1 Å². The van der Waals surface area contributed by atoms with Crippen molar-refractivity contribution < 1.29 is 38.5 Å². The van der Waals surface area contributed by atoms with E-state index in [4.69, 9.17) is 30.8 Å². The molecule has 3 aliphatic carbocycles. The second kappa shape index (κ2) is 13.8. The number of hydrogen-bond donors (Lipinski definition) is 3. The largest absolute Gasteiger partial charge is 0.495 e. The summed E-state index contributed by atoms with van der Waals surface area (Å²) in [6.45, 7) is 11.3. The smallest absolute Gasteiger partial charge is 0.408 e. The van der Waals surface area contributed by atoms with Gasteiger partial charge in [0, 0.05) is 17.9 Å². The zero-order chi connectivity index (χ0) is 36.1. The lowest BCUT2D eigenvalue weighted by atomic mass is 10.1. The number of allylic oxidation sites excluding steroid dienone is 1. The summed E-state index contributed by atoms with van der Waals surface area (Å²) in [6, 6.07) is 3.00. The van der Waals surface area contributed by atoms with Crippen LogP contribution in [0.3, 0.4) is 0 Å². The number of carbonyl (C=O) groups is 4. The summed E-state index contributed by atoms with van der Waals surface area (Å²) in [5, 5.41) is 16.4. The Hall–Kier alpha value is -4.32. The van der Waals surface area contributed by atoms with E-state index in [1.54, 1.807) is 25.1 Å². The van der Waals surface area contributed by atoms with Crippen molar-refractivity contribution in [2.24, 2.45) is 17.8 Å². The maximum atomic E-state index is 14.3. The Bertz CT molecular complexity index is 1770. The molecule has 0 radical (unpaired) electrons. The molecule has 50 heavy (non-hydrogen) atoms. The third-order valence-corrected chi connectivity index (χ3v) is 10.8. The number of hydrogen-bond acceptors (Lipinski definition) is 8. The van der Waals surface area contributed by atoms with E-state index >= 15 is 0 Å². The van der Waals surface area contributed by atoms with Crippen molar-refractivity contribution in [3.63, 3.8) is 0 Å². The molecule has 0 bridgehead atoms. The Labute approximate surface area is 296 Å². The van der Waals surface area contributed by atoms with Gasteiger partial charge in [-0.2, -0.15) is 0 Å². The molecular formula is C37H45ClN4O8. The predicted molar refractivity (Wildman–Crippen MR) is 187 cm³/mol. The first kappa shape index (κ1) is 35.5. The van der Waals surface area contributed by atoms with Crippen molar-refractivity contribution in [2.45, 2.75) is 96.1 Å². The fourth-order valence-electron chi connectivity index (χ4n) is 7.62. The Morgan fingerprint density at radius 1 is 1.12 bits per heavy atom. The van der Waals surface area contributed by atoms with Gasteiger partial charge in [0.1, 0.15) is 46.4 Å². The quantitative estimate of drug-likeness (QED) is 0.242. The fraction of sp³-hybridized carbons (Fsp3) is 0.541. The second-order valence-electron chi connectivity index (χ2n) is 14.5. The number of fused-ring (bicyclic) bond motifs is 2. The molecule has 1 saturated heterocycles. The molecule has 3 N–H and O–H groups in total. The van der Waals surface area contributed by atoms with Crippen molar-refractivity contribution in [2.75, 3.05) is 13.7 Å². The van der Waals surface area contributed by atoms with E-state index in [2.05, 4.69) is 17.2 Å². The minimum atomic E-state index is -1.40. The zero-order valence-electron chi connectivity index (χ0n) is 29.1. The summed E-state index contributed by atoms with van der Waals surface area (Å²) in [5.41, 5.74) is 1.01. The van der Waals surface area contributed by atoms with Crippen LogP contribution in [0.15, 0.2) is 35.9 Å². The summed E-state index contributed by atoms with van der Waals surface area (Å²) in [6.07, 6.45) is 4.03. The number of alkyl carbamates (subject to hydrolysis) is 1. The highest BCUT2D eigenvalue weighted by molar-refractivity contribution is 6.36. The number of carbonyl (C=O) groups excluding carboxylic acids is 3. The number of carboxylic acids is 1. The Balaban J connectivity index is 1.28.